The van der Waals surface area contributed by atoms with Gasteiger partial charge in [0.25, 0.3) is 0 Å². The van der Waals surface area contributed by atoms with E-state index in [-0.39, 0.29) is 17.7 Å². The van der Waals surface area contributed by atoms with Crippen LogP contribution in [0.2, 0.25) is 0 Å². The Balaban J connectivity index is 2.28. The molecule has 21 heavy (non-hydrogen) atoms. The summed E-state index contributed by atoms with van der Waals surface area (Å²) in [6.07, 6.45) is 1.53. The fourth-order valence-corrected chi connectivity index (χ4v) is 3.01. The van der Waals surface area contributed by atoms with E-state index < -0.39 is 0 Å². The minimum atomic E-state index is -0.233. The molecule has 0 aliphatic carbocycles. The van der Waals surface area contributed by atoms with E-state index in [1.165, 1.54) is 4.88 Å². The van der Waals surface area contributed by atoms with Crippen molar-refractivity contribution >= 4 is 17.4 Å². The Morgan fingerprint density at radius 3 is 2.62 bits per heavy atom. The predicted octanol–water partition coefficient (Wildman–Crippen LogP) is 2.81. The Kier molecular flexibility index (Phi) is 6.61. The highest BCUT2D eigenvalue weighted by Gasteiger charge is 2.21. The number of aryl methyl sites for hydroxylation is 2. The zero-order valence-electron chi connectivity index (χ0n) is 13.9. The highest BCUT2D eigenvalue weighted by atomic mass is 32.1. The number of rotatable bonds is 7. The van der Waals surface area contributed by atoms with Crippen molar-refractivity contribution in [3.8, 4) is 0 Å². The highest BCUT2D eigenvalue weighted by Crippen LogP contribution is 2.16. The molecule has 2 amide bonds. The summed E-state index contributed by atoms with van der Waals surface area (Å²) in [5, 5.41) is 6.86. The van der Waals surface area contributed by atoms with Crippen molar-refractivity contribution in [2.75, 3.05) is 13.7 Å². The molecular formula is C15H27N3O2S. The number of ether oxygens (including phenoxy) is 1. The van der Waals surface area contributed by atoms with Crippen LogP contribution in [0, 0.1) is 13.8 Å². The summed E-state index contributed by atoms with van der Waals surface area (Å²) < 4.78 is 5.36. The van der Waals surface area contributed by atoms with Gasteiger partial charge < -0.3 is 15.4 Å². The summed E-state index contributed by atoms with van der Waals surface area (Å²) >= 11 is 1.69. The van der Waals surface area contributed by atoms with Crippen LogP contribution in [0.25, 0.3) is 0 Å². The molecule has 0 saturated carbocycles. The lowest BCUT2D eigenvalue weighted by Gasteiger charge is -2.27. The monoisotopic (exact) mass is 313 g/mol. The van der Waals surface area contributed by atoms with Crippen LogP contribution in [0.15, 0.2) is 0 Å². The highest BCUT2D eigenvalue weighted by molar-refractivity contribution is 7.11. The molecule has 0 aromatic carbocycles. The molecule has 1 heterocycles. The molecule has 6 heteroatoms. The van der Waals surface area contributed by atoms with Gasteiger partial charge in [-0.3, -0.25) is 0 Å². The number of methoxy groups -OCH3 is 1. The second-order valence-corrected chi connectivity index (χ2v) is 7.26. The third kappa shape index (κ3) is 6.44. The van der Waals surface area contributed by atoms with Crippen LogP contribution in [-0.4, -0.2) is 36.3 Å². The molecule has 120 valence electrons. The molecule has 2 N–H and O–H groups in total. The molecule has 5 nitrogen and oxygen atoms in total. The third-order valence-corrected chi connectivity index (χ3v) is 4.56. The number of carbonyl (C=O) groups excluding carboxylic acids is 1. The number of hydrogen-bond donors (Lipinski definition) is 2. The van der Waals surface area contributed by atoms with E-state index in [0.717, 1.165) is 23.5 Å². The van der Waals surface area contributed by atoms with Gasteiger partial charge in [0.15, 0.2) is 0 Å². The van der Waals surface area contributed by atoms with Gasteiger partial charge in [0.1, 0.15) is 0 Å². The molecule has 0 spiro atoms. The van der Waals surface area contributed by atoms with Gasteiger partial charge in [-0.1, -0.05) is 0 Å². The summed E-state index contributed by atoms with van der Waals surface area (Å²) in [6, 6.07) is -0.0799. The fraction of sp³-hybridized carbons (Fsp3) is 0.733. The molecule has 1 aromatic heterocycles. The zero-order chi connectivity index (χ0) is 16.0. The van der Waals surface area contributed by atoms with E-state index in [0.29, 0.717) is 6.54 Å². The van der Waals surface area contributed by atoms with Gasteiger partial charge >= 0.3 is 6.03 Å². The lowest BCUT2D eigenvalue weighted by molar-refractivity contribution is 0.00951. The van der Waals surface area contributed by atoms with Gasteiger partial charge in [-0.25, -0.2) is 9.78 Å². The normalized spacial score (nSPS) is 13.0. The van der Waals surface area contributed by atoms with Crippen LogP contribution in [0.3, 0.4) is 0 Å². The summed E-state index contributed by atoms with van der Waals surface area (Å²) in [4.78, 5) is 17.5. The van der Waals surface area contributed by atoms with Gasteiger partial charge in [0, 0.05) is 31.0 Å². The van der Waals surface area contributed by atoms with E-state index in [1.807, 2.05) is 27.7 Å². The van der Waals surface area contributed by atoms with Crippen LogP contribution in [0.4, 0.5) is 4.79 Å². The fourth-order valence-electron chi connectivity index (χ4n) is 2.08. The topological polar surface area (TPSA) is 63.2 Å². The SMILES string of the molecule is COC(C)(C)C[C@@H](C)NC(=O)NCCc1nc(C)c(C)s1. The Hall–Kier alpha value is -1.14. The number of hydrogen-bond acceptors (Lipinski definition) is 4. The van der Waals surface area contributed by atoms with Gasteiger partial charge in [-0.05, 0) is 41.0 Å². The molecule has 0 saturated heterocycles. The number of carbonyl (C=O) groups is 1. The van der Waals surface area contributed by atoms with Gasteiger partial charge in [-0.15, -0.1) is 11.3 Å². The lowest BCUT2D eigenvalue weighted by atomic mass is 10.00. The van der Waals surface area contributed by atoms with E-state index in [1.54, 1.807) is 18.4 Å². The maximum Gasteiger partial charge on any atom is 0.315 e. The number of nitrogens with one attached hydrogen (secondary N) is 2. The molecule has 0 bridgehead atoms. The van der Waals surface area contributed by atoms with Crippen molar-refractivity contribution in [2.45, 2.75) is 59.1 Å². The average molecular weight is 313 g/mol. The van der Waals surface area contributed by atoms with Crippen molar-refractivity contribution in [2.24, 2.45) is 0 Å². The first-order chi connectivity index (χ1) is 9.73. The summed E-state index contributed by atoms with van der Waals surface area (Å²) in [5.41, 5.74) is 0.845. The van der Waals surface area contributed by atoms with Gasteiger partial charge in [-0.2, -0.15) is 0 Å². The van der Waals surface area contributed by atoms with E-state index in [2.05, 4.69) is 22.5 Å². The van der Waals surface area contributed by atoms with Crippen molar-refractivity contribution in [3.63, 3.8) is 0 Å². The maximum absolute atomic E-state index is 11.8. The molecule has 1 aromatic rings. The third-order valence-electron chi connectivity index (χ3n) is 3.43. The molecule has 0 radical (unpaired) electrons. The minimum absolute atomic E-state index is 0.0595. The Morgan fingerprint density at radius 1 is 1.43 bits per heavy atom. The first kappa shape index (κ1) is 17.9. The van der Waals surface area contributed by atoms with Crippen molar-refractivity contribution in [1.29, 1.82) is 0 Å². The van der Waals surface area contributed by atoms with Crippen LogP contribution in [0.1, 0.15) is 42.8 Å². The number of nitrogens with zero attached hydrogens (tertiary/aromatic N) is 1. The number of thiazole rings is 1. The van der Waals surface area contributed by atoms with Crippen LogP contribution in [-0.2, 0) is 11.2 Å². The standard InChI is InChI=1S/C15H27N3O2S/c1-10(9-15(4,5)20-6)17-14(19)16-8-7-13-18-11(2)12(3)21-13/h10H,7-9H2,1-6H3,(H2,16,17,19)/t10-/m1/s1. The number of aromatic nitrogens is 1. The average Bonchev–Trinajstić information content (AvgIpc) is 2.67. The van der Waals surface area contributed by atoms with Crippen LogP contribution in [0.5, 0.6) is 0 Å². The summed E-state index contributed by atoms with van der Waals surface area (Å²) in [5.74, 6) is 0. The van der Waals surface area contributed by atoms with Crippen LogP contribution < -0.4 is 10.6 Å². The molecule has 0 fully saturated rings. The van der Waals surface area contributed by atoms with E-state index >= 15 is 0 Å². The van der Waals surface area contributed by atoms with Crippen LogP contribution >= 0.6 is 11.3 Å². The molecule has 0 unspecified atom stereocenters. The molecule has 1 rings (SSSR count). The maximum atomic E-state index is 11.8. The largest absolute Gasteiger partial charge is 0.379 e. The van der Waals surface area contributed by atoms with Gasteiger partial charge in [0.05, 0.1) is 16.3 Å². The van der Waals surface area contributed by atoms with E-state index in [9.17, 15) is 4.79 Å². The van der Waals surface area contributed by atoms with Gasteiger partial charge in [0.2, 0.25) is 0 Å². The Bertz CT molecular complexity index is 452. The summed E-state index contributed by atoms with van der Waals surface area (Å²) in [7, 11) is 1.69. The molecule has 1 atom stereocenters. The molecule has 0 aliphatic heterocycles. The van der Waals surface area contributed by atoms with E-state index in [4.69, 9.17) is 4.74 Å². The first-order valence-corrected chi connectivity index (χ1v) is 8.07. The smallest absolute Gasteiger partial charge is 0.315 e. The second-order valence-electron chi connectivity index (χ2n) is 5.97. The predicted molar refractivity (Wildman–Crippen MR) is 87.0 cm³/mol. The summed E-state index contributed by atoms with van der Waals surface area (Å²) in [6.45, 7) is 10.7. The van der Waals surface area contributed by atoms with Crippen molar-refractivity contribution < 1.29 is 9.53 Å². The zero-order valence-corrected chi connectivity index (χ0v) is 14.7. The second kappa shape index (κ2) is 7.75. The quantitative estimate of drug-likeness (QED) is 0.813. The minimum Gasteiger partial charge on any atom is -0.379 e. The number of urea groups is 1. The van der Waals surface area contributed by atoms with Crippen molar-refractivity contribution in [3.05, 3.63) is 15.6 Å². The Labute approximate surface area is 131 Å². The lowest BCUT2D eigenvalue weighted by Crippen LogP contribution is -2.44. The number of amides is 2. The molecule has 0 aliphatic rings. The molecular weight excluding hydrogens is 286 g/mol. The Morgan fingerprint density at radius 2 is 2.10 bits per heavy atom. The van der Waals surface area contributed by atoms with Crippen molar-refractivity contribution in [1.82, 2.24) is 15.6 Å². The first-order valence-electron chi connectivity index (χ1n) is 7.26.